The van der Waals surface area contributed by atoms with Crippen LogP contribution < -0.4 is 10.4 Å². The molecule has 1 N–H and O–H groups in total. The van der Waals surface area contributed by atoms with E-state index in [9.17, 15) is 14.7 Å². The van der Waals surface area contributed by atoms with Gasteiger partial charge in [-0.15, -0.1) is 0 Å². The Kier molecular flexibility index (Phi) is 3.61. The fourth-order valence-corrected chi connectivity index (χ4v) is 1.97. The van der Waals surface area contributed by atoms with Crippen molar-refractivity contribution < 1.29 is 14.7 Å². The first kappa shape index (κ1) is 13.9. The van der Waals surface area contributed by atoms with Crippen molar-refractivity contribution in [1.29, 1.82) is 0 Å². The molecule has 0 aliphatic heterocycles. The van der Waals surface area contributed by atoms with Crippen LogP contribution >= 0.6 is 0 Å². The number of hydrogen-bond acceptors (Lipinski definition) is 3. The number of benzene rings is 1. The fourth-order valence-electron chi connectivity index (χ4n) is 1.97. The number of carboxylic acids is 1. The number of aromatic nitrogens is 1. The highest BCUT2D eigenvalue weighted by atomic mass is 16.4. The van der Waals surface area contributed by atoms with E-state index >= 15 is 0 Å². The maximum absolute atomic E-state index is 12.2. The van der Waals surface area contributed by atoms with Crippen LogP contribution in [0.1, 0.15) is 32.1 Å². The fraction of sp³-hybridized carbons (Fsp3) is 0.200. The third kappa shape index (κ3) is 2.56. The van der Waals surface area contributed by atoms with Gasteiger partial charge in [-0.25, -0.2) is 0 Å². The monoisotopic (exact) mass is 271 g/mol. The molecule has 0 saturated carbocycles. The number of hydrogen-bond donors (Lipinski definition) is 1. The largest absolute Gasteiger partial charge is 0.545 e. The molecule has 1 aromatic carbocycles. The van der Waals surface area contributed by atoms with Crippen LogP contribution in [0.25, 0.3) is 0 Å². The van der Waals surface area contributed by atoms with Crippen LogP contribution in [-0.2, 0) is 7.05 Å². The molecule has 0 radical (unpaired) electrons. The van der Waals surface area contributed by atoms with Crippen molar-refractivity contribution in [3.8, 4) is 0 Å². The second kappa shape index (κ2) is 5.21. The average molecular weight is 271 g/mol. The van der Waals surface area contributed by atoms with Gasteiger partial charge in [0.05, 0.1) is 11.5 Å². The number of nitrogens with one attached hydrogen (secondary N) is 1. The number of carboxylic acid groups (broad SMARTS) is 1. The van der Waals surface area contributed by atoms with Crippen LogP contribution in [0.4, 0.5) is 5.69 Å². The first-order chi connectivity index (χ1) is 9.40. The third-order valence-corrected chi connectivity index (χ3v) is 3.40. The number of carbonyl (C=O) groups is 2. The minimum Gasteiger partial charge on any atom is -0.545 e. The number of aromatic carboxylic acids is 1. The van der Waals surface area contributed by atoms with Gasteiger partial charge < -0.3 is 19.8 Å². The summed E-state index contributed by atoms with van der Waals surface area (Å²) in [6.45, 7) is 3.81. The van der Waals surface area contributed by atoms with Crippen molar-refractivity contribution in [3.63, 3.8) is 0 Å². The molecule has 0 saturated heterocycles. The number of carbonyl (C=O) groups excluding carboxylic acids is 2. The van der Waals surface area contributed by atoms with Crippen molar-refractivity contribution in [2.45, 2.75) is 13.8 Å². The number of amides is 1. The first-order valence-electron chi connectivity index (χ1n) is 6.16. The Morgan fingerprint density at radius 3 is 2.20 bits per heavy atom. The zero-order valence-electron chi connectivity index (χ0n) is 11.6. The maximum Gasteiger partial charge on any atom is 0.257 e. The highest BCUT2D eigenvalue weighted by Crippen LogP contribution is 2.16. The second-order valence-electron chi connectivity index (χ2n) is 4.66. The van der Waals surface area contributed by atoms with Gasteiger partial charge in [-0.1, -0.05) is 12.1 Å². The normalized spacial score (nSPS) is 10.3. The highest BCUT2D eigenvalue weighted by molar-refractivity contribution is 6.05. The molecular weight excluding hydrogens is 256 g/mol. The van der Waals surface area contributed by atoms with Crippen molar-refractivity contribution in [2.24, 2.45) is 7.05 Å². The van der Waals surface area contributed by atoms with Crippen LogP contribution in [0.2, 0.25) is 0 Å². The van der Waals surface area contributed by atoms with Crippen molar-refractivity contribution in [3.05, 3.63) is 52.8 Å². The molecule has 0 aliphatic rings. The van der Waals surface area contributed by atoms with E-state index in [1.807, 2.05) is 31.5 Å². The summed E-state index contributed by atoms with van der Waals surface area (Å²) in [5.74, 6) is -1.45. The molecular formula is C15H15N2O3-. The number of rotatable bonds is 3. The van der Waals surface area contributed by atoms with Crippen LogP contribution in [0.3, 0.4) is 0 Å². The van der Waals surface area contributed by atoms with Gasteiger partial charge in [-0.2, -0.15) is 0 Å². The Balaban J connectivity index is 2.19. The minimum atomic E-state index is -1.24. The lowest BCUT2D eigenvalue weighted by Crippen LogP contribution is -2.22. The highest BCUT2D eigenvalue weighted by Gasteiger charge is 2.13. The summed E-state index contributed by atoms with van der Waals surface area (Å²) in [5, 5.41) is 13.4. The smallest absolute Gasteiger partial charge is 0.257 e. The molecule has 0 atom stereocenters. The molecule has 5 nitrogen and oxygen atoms in total. The molecule has 1 amide bonds. The molecule has 1 heterocycles. The predicted octanol–water partition coefficient (Wildman–Crippen LogP) is 1.26. The average Bonchev–Trinajstić information content (AvgIpc) is 2.67. The topological polar surface area (TPSA) is 74.2 Å². The standard InChI is InChI=1S/C15H16N2O3/c1-9-8-13(10(2)17(9)3)14(18)16-12-6-4-11(5-7-12)15(19)20/h4-8H,1-3H3,(H,16,18)(H,19,20)/p-1. The van der Waals surface area contributed by atoms with Gasteiger partial charge in [0.1, 0.15) is 0 Å². The SMILES string of the molecule is Cc1cc(C(=O)Nc2ccc(C(=O)[O-])cc2)c(C)n1C. The molecule has 1 aromatic heterocycles. The third-order valence-electron chi connectivity index (χ3n) is 3.40. The molecule has 0 bridgehead atoms. The summed E-state index contributed by atoms with van der Waals surface area (Å²) >= 11 is 0. The molecule has 104 valence electrons. The number of nitrogens with zero attached hydrogens (tertiary/aromatic N) is 1. The van der Waals surface area contributed by atoms with Gasteiger partial charge in [0.2, 0.25) is 0 Å². The molecule has 5 heteroatoms. The Morgan fingerprint density at radius 1 is 1.15 bits per heavy atom. The molecule has 0 aliphatic carbocycles. The molecule has 0 spiro atoms. The van der Waals surface area contributed by atoms with Gasteiger partial charge in [-0.3, -0.25) is 4.79 Å². The number of anilines is 1. The van der Waals surface area contributed by atoms with Crippen LogP contribution in [-0.4, -0.2) is 16.4 Å². The molecule has 0 fully saturated rings. The summed E-state index contributed by atoms with van der Waals surface area (Å²) in [6, 6.07) is 7.69. The summed E-state index contributed by atoms with van der Waals surface area (Å²) in [6.07, 6.45) is 0. The van der Waals surface area contributed by atoms with E-state index in [4.69, 9.17) is 0 Å². The zero-order chi connectivity index (χ0) is 14.9. The van der Waals surface area contributed by atoms with Gasteiger partial charge in [0, 0.05) is 24.1 Å². The van der Waals surface area contributed by atoms with Crippen LogP contribution in [0.15, 0.2) is 30.3 Å². The van der Waals surface area contributed by atoms with Crippen LogP contribution in [0, 0.1) is 13.8 Å². The Hall–Kier alpha value is -2.56. The molecule has 0 unspecified atom stereocenters. The minimum absolute atomic E-state index is 0.0785. The van der Waals surface area contributed by atoms with E-state index < -0.39 is 5.97 Å². The molecule has 2 aromatic rings. The van der Waals surface area contributed by atoms with Crippen molar-refractivity contribution in [2.75, 3.05) is 5.32 Å². The number of aryl methyl sites for hydroxylation is 1. The van der Waals surface area contributed by atoms with E-state index in [1.165, 1.54) is 24.3 Å². The predicted molar refractivity (Wildman–Crippen MR) is 73.6 cm³/mol. The Morgan fingerprint density at radius 2 is 1.75 bits per heavy atom. The zero-order valence-corrected chi connectivity index (χ0v) is 11.6. The van der Waals surface area contributed by atoms with Gasteiger partial charge >= 0.3 is 0 Å². The Labute approximate surface area is 116 Å². The van der Waals surface area contributed by atoms with Gasteiger partial charge in [0.15, 0.2) is 0 Å². The molecule has 20 heavy (non-hydrogen) atoms. The Bertz CT molecular complexity index is 669. The van der Waals surface area contributed by atoms with Crippen molar-refractivity contribution >= 4 is 17.6 Å². The second-order valence-corrected chi connectivity index (χ2v) is 4.66. The summed E-state index contributed by atoms with van der Waals surface area (Å²) in [7, 11) is 1.90. The lowest BCUT2D eigenvalue weighted by Gasteiger charge is -2.07. The maximum atomic E-state index is 12.2. The van der Waals surface area contributed by atoms with Gasteiger partial charge in [0.25, 0.3) is 5.91 Å². The first-order valence-corrected chi connectivity index (χ1v) is 6.16. The van der Waals surface area contributed by atoms with Crippen LogP contribution in [0.5, 0.6) is 0 Å². The van der Waals surface area contributed by atoms with Crippen molar-refractivity contribution in [1.82, 2.24) is 4.57 Å². The lowest BCUT2D eigenvalue weighted by atomic mass is 10.2. The lowest BCUT2D eigenvalue weighted by molar-refractivity contribution is -0.255. The van der Waals surface area contributed by atoms with E-state index in [0.29, 0.717) is 11.3 Å². The van der Waals surface area contributed by atoms with E-state index in [0.717, 1.165) is 11.4 Å². The van der Waals surface area contributed by atoms with E-state index in [2.05, 4.69) is 5.32 Å². The van der Waals surface area contributed by atoms with E-state index in [-0.39, 0.29) is 11.5 Å². The molecule has 2 rings (SSSR count). The van der Waals surface area contributed by atoms with Gasteiger partial charge in [-0.05, 0) is 37.6 Å². The summed E-state index contributed by atoms with van der Waals surface area (Å²) in [4.78, 5) is 22.8. The van der Waals surface area contributed by atoms with E-state index in [1.54, 1.807) is 0 Å². The summed E-state index contributed by atoms with van der Waals surface area (Å²) < 4.78 is 1.94. The quantitative estimate of drug-likeness (QED) is 0.913. The summed E-state index contributed by atoms with van der Waals surface area (Å²) in [5.41, 5.74) is 3.11.